The van der Waals surface area contributed by atoms with Gasteiger partial charge in [0, 0.05) is 18.8 Å². The van der Waals surface area contributed by atoms with Crippen LogP contribution in [-0.4, -0.2) is 27.6 Å². The minimum absolute atomic E-state index is 0.400. The molecule has 0 amide bonds. The first-order valence-electron chi connectivity index (χ1n) is 7.18. The molecule has 3 heterocycles. The number of hydrogen-bond donors (Lipinski definition) is 1. The smallest absolute Gasteiger partial charge is 0.132 e. The average Bonchev–Trinajstić information content (AvgIpc) is 3.12. The molecule has 2 aromatic heterocycles. The molecule has 0 aromatic carbocycles. The Morgan fingerprint density at radius 1 is 1.35 bits per heavy atom. The molecule has 4 nitrogen and oxygen atoms in total. The molecule has 106 valence electrons. The van der Waals surface area contributed by atoms with Crippen molar-refractivity contribution in [1.82, 2.24) is 9.88 Å². The monoisotopic (exact) mass is 272 g/mol. The van der Waals surface area contributed by atoms with Crippen LogP contribution in [0.4, 0.5) is 0 Å². The summed E-state index contributed by atoms with van der Waals surface area (Å²) in [5.74, 6) is 0.662. The van der Waals surface area contributed by atoms with E-state index in [4.69, 9.17) is 4.42 Å². The Labute approximate surface area is 119 Å². The van der Waals surface area contributed by atoms with Gasteiger partial charge in [0.05, 0.1) is 12.0 Å². The Hall–Kier alpha value is -1.65. The van der Waals surface area contributed by atoms with E-state index in [1.165, 1.54) is 6.42 Å². The lowest BCUT2D eigenvalue weighted by atomic mass is 10.1. The quantitative estimate of drug-likeness (QED) is 0.909. The summed E-state index contributed by atoms with van der Waals surface area (Å²) in [5, 5.41) is 10.2. The maximum Gasteiger partial charge on any atom is 0.132 e. The van der Waals surface area contributed by atoms with Crippen LogP contribution >= 0.6 is 0 Å². The second-order valence-electron chi connectivity index (χ2n) is 5.35. The zero-order valence-electron chi connectivity index (χ0n) is 11.5. The Kier molecular flexibility index (Phi) is 4.14. The summed E-state index contributed by atoms with van der Waals surface area (Å²) in [7, 11) is 0. The number of nitrogens with zero attached hydrogens (tertiary/aromatic N) is 2. The van der Waals surface area contributed by atoms with E-state index in [0.29, 0.717) is 11.8 Å². The summed E-state index contributed by atoms with van der Waals surface area (Å²) in [6.45, 7) is 1.93. The van der Waals surface area contributed by atoms with Crippen LogP contribution in [0.2, 0.25) is 0 Å². The molecule has 2 aromatic rings. The molecule has 1 fully saturated rings. The van der Waals surface area contributed by atoms with Crippen molar-refractivity contribution in [3.05, 3.63) is 54.2 Å². The van der Waals surface area contributed by atoms with Gasteiger partial charge >= 0.3 is 0 Å². The second-order valence-corrected chi connectivity index (χ2v) is 5.35. The van der Waals surface area contributed by atoms with Gasteiger partial charge in [-0.2, -0.15) is 0 Å². The highest BCUT2D eigenvalue weighted by molar-refractivity contribution is 5.05. The highest BCUT2D eigenvalue weighted by Gasteiger charge is 2.28. The zero-order valence-corrected chi connectivity index (χ0v) is 11.5. The largest absolute Gasteiger partial charge is 0.467 e. The topological polar surface area (TPSA) is 49.5 Å². The molecular formula is C16H20N2O2. The Morgan fingerprint density at radius 2 is 2.30 bits per heavy atom. The van der Waals surface area contributed by atoms with Gasteiger partial charge in [-0.3, -0.25) is 9.88 Å². The maximum atomic E-state index is 10.2. The summed E-state index contributed by atoms with van der Waals surface area (Å²) in [4.78, 5) is 6.79. The molecular weight excluding hydrogens is 252 g/mol. The van der Waals surface area contributed by atoms with Crippen LogP contribution in [-0.2, 0) is 6.54 Å². The third-order valence-corrected chi connectivity index (χ3v) is 3.96. The number of aliphatic hydroxyl groups excluding tert-OH is 1. The number of likely N-dealkylation sites (tertiary alicyclic amines) is 1. The summed E-state index contributed by atoms with van der Waals surface area (Å²) >= 11 is 0. The summed E-state index contributed by atoms with van der Waals surface area (Å²) in [5.41, 5.74) is 1.09. The van der Waals surface area contributed by atoms with Gasteiger partial charge in [-0.1, -0.05) is 6.07 Å². The summed E-state index contributed by atoms with van der Waals surface area (Å²) in [6.07, 6.45) is 5.96. The van der Waals surface area contributed by atoms with Crippen LogP contribution in [0.15, 0.2) is 47.2 Å². The van der Waals surface area contributed by atoms with Crippen LogP contribution in [0.25, 0.3) is 0 Å². The van der Waals surface area contributed by atoms with Crippen molar-refractivity contribution < 1.29 is 9.52 Å². The predicted molar refractivity (Wildman–Crippen MR) is 76.0 cm³/mol. The van der Waals surface area contributed by atoms with Gasteiger partial charge in [0.1, 0.15) is 11.9 Å². The normalized spacial score (nSPS) is 21.1. The van der Waals surface area contributed by atoms with E-state index in [0.717, 1.165) is 31.6 Å². The molecule has 0 radical (unpaired) electrons. The third-order valence-electron chi connectivity index (χ3n) is 3.96. The Bertz CT molecular complexity index is 513. The number of pyridine rings is 1. The molecule has 4 heteroatoms. The van der Waals surface area contributed by atoms with Crippen LogP contribution in [0.1, 0.15) is 36.8 Å². The molecule has 1 aliphatic rings. The van der Waals surface area contributed by atoms with Crippen LogP contribution in [0.3, 0.4) is 0 Å². The SMILES string of the molecule is OC(CC1CCCN1Cc1ccccn1)c1ccco1. The van der Waals surface area contributed by atoms with Crippen LogP contribution in [0.5, 0.6) is 0 Å². The highest BCUT2D eigenvalue weighted by Crippen LogP contribution is 2.28. The Morgan fingerprint density at radius 3 is 3.05 bits per heavy atom. The van der Waals surface area contributed by atoms with Crippen molar-refractivity contribution in [3.8, 4) is 0 Å². The molecule has 3 rings (SSSR count). The van der Waals surface area contributed by atoms with Crippen molar-refractivity contribution in [2.45, 2.75) is 38.0 Å². The van der Waals surface area contributed by atoms with Gasteiger partial charge < -0.3 is 9.52 Å². The molecule has 1 saturated heterocycles. The predicted octanol–water partition coefficient (Wildman–Crippen LogP) is 2.76. The van der Waals surface area contributed by atoms with Crippen molar-refractivity contribution >= 4 is 0 Å². The number of rotatable bonds is 5. The molecule has 20 heavy (non-hydrogen) atoms. The van der Waals surface area contributed by atoms with Gasteiger partial charge in [-0.15, -0.1) is 0 Å². The van der Waals surface area contributed by atoms with Gasteiger partial charge in [0.15, 0.2) is 0 Å². The summed E-state index contributed by atoms with van der Waals surface area (Å²) in [6, 6.07) is 10.1. The van der Waals surface area contributed by atoms with E-state index in [1.807, 2.05) is 30.5 Å². The lowest BCUT2D eigenvalue weighted by Crippen LogP contribution is -2.30. The lowest BCUT2D eigenvalue weighted by Gasteiger charge is -2.25. The van der Waals surface area contributed by atoms with Gasteiger partial charge in [-0.25, -0.2) is 0 Å². The Balaban J connectivity index is 1.61. The standard InChI is InChI=1S/C16H20N2O2/c19-15(16-7-4-10-20-16)11-14-6-3-9-18(14)12-13-5-1-2-8-17-13/h1-2,4-5,7-8,10,14-15,19H,3,6,9,11-12H2. The van der Waals surface area contributed by atoms with E-state index in [9.17, 15) is 5.11 Å². The van der Waals surface area contributed by atoms with E-state index in [1.54, 1.807) is 6.26 Å². The van der Waals surface area contributed by atoms with Gasteiger partial charge in [-0.05, 0) is 50.1 Å². The van der Waals surface area contributed by atoms with Crippen molar-refractivity contribution in [2.75, 3.05) is 6.54 Å². The van der Waals surface area contributed by atoms with E-state index in [2.05, 4.69) is 16.0 Å². The maximum absolute atomic E-state index is 10.2. The van der Waals surface area contributed by atoms with E-state index in [-0.39, 0.29) is 0 Å². The van der Waals surface area contributed by atoms with Gasteiger partial charge in [0.2, 0.25) is 0 Å². The fraction of sp³-hybridized carbons (Fsp3) is 0.438. The second kappa shape index (κ2) is 6.20. The van der Waals surface area contributed by atoms with E-state index >= 15 is 0 Å². The number of aliphatic hydroxyl groups is 1. The molecule has 0 spiro atoms. The first-order valence-corrected chi connectivity index (χ1v) is 7.18. The average molecular weight is 272 g/mol. The first kappa shape index (κ1) is 13.3. The van der Waals surface area contributed by atoms with Gasteiger partial charge in [0.25, 0.3) is 0 Å². The van der Waals surface area contributed by atoms with Crippen LogP contribution in [0, 0.1) is 0 Å². The number of aromatic nitrogens is 1. The van der Waals surface area contributed by atoms with Crippen LogP contribution < -0.4 is 0 Å². The molecule has 1 aliphatic heterocycles. The third kappa shape index (κ3) is 3.08. The first-order chi connectivity index (χ1) is 9.83. The molecule has 0 bridgehead atoms. The van der Waals surface area contributed by atoms with Crippen molar-refractivity contribution in [1.29, 1.82) is 0 Å². The fourth-order valence-electron chi connectivity index (χ4n) is 2.92. The minimum atomic E-state index is -0.515. The van der Waals surface area contributed by atoms with E-state index < -0.39 is 6.10 Å². The van der Waals surface area contributed by atoms with Crippen molar-refractivity contribution in [2.24, 2.45) is 0 Å². The molecule has 2 atom stereocenters. The number of hydrogen-bond acceptors (Lipinski definition) is 4. The fourth-order valence-corrected chi connectivity index (χ4v) is 2.92. The number of furan rings is 1. The highest BCUT2D eigenvalue weighted by atomic mass is 16.4. The lowest BCUT2D eigenvalue weighted by molar-refractivity contribution is 0.0991. The molecule has 1 N–H and O–H groups in total. The molecule has 0 aliphatic carbocycles. The zero-order chi connectivity index (χ0) is 13.8. The summed E-state index contributed by atoms with van der Waals surface area (Å²) < 4.78 is 5.28. The molecule has 0 saturated carbocycles. The van der Waals surface area contributed by atoms with Crippen molar-refractivity contribution in [3.63, 3.8) is 0 Å². The minimum Gasteiger partial charge on any atom is -0.467 e. The molecule has 2 unspecified atom stereocenters.